The van der Waals surface area contributed by atoms with E-state index in [2.05, 4.69) is 11.9 Å². The van der Waals surface area contributed by atoms with E-state index in [1.807, 2.05) is 44.2 Å². The molecule has 0 spiro atoms. The van der Waals surface area contributed by atoms with Gasteiger partial charge in [-0.05, 0) is 100 Å². The van der Waals surface area contributed by atoms with E-state index in [9.17, 15) is 18.0 Å². The second kappa shape index (κ2) is 28.4. The summed E-state index contributed by atoms with van der Waals surface area (Å²) < 4.78 is 58.8. The number of nitrogens with zero attached hydrogens (tertiary/aromatic N) is 5. The first-order chi connectivity index (χ1) is 38.2. The fourth-order valence-corrected chi connectivity index (χ4v) is 9.22. The van der Waals surface area contributed by atoms with Crippen LogP contribution in [-0.4, -0.2) is 149 Å². The van der Waals surface area contributed by atoms with Gasteiger partial charge in [0, 0.05) is 31.3 Å². The lowest BCUT2D eigenvalue weighted by atomic mass is 10.0. The summed E-state index contributed by atoms with van der Waals surface area (Å²) in [5.41, 5.74) is 1.80. The van der Waals surface area contributed by atoms with Crippen molar-refractivity contribution in [3.05, 3.63) is 150 Å². The Morgan fingerprint density at radius 1 is 0.600 bits per heavy atom. The molecule has 426 valence electrons. The van der Waals surface area contributed by atoms with Crippen molar-refractivity contribution in [2.75, 3.05) is 78.6 Å². The van der Waals surface area contributed by atoms with Crippen molar-refractivity contribution in [1.29, 1.82) is 0 Å². The van der Waals surface area contributed by atoms with Crippen LogP contribution in [0.4, 0.5) is 5.69 Å². The number of methoxy groups -OCH3 is 3. The van der Waals surface area contributed by atoms with Gasteiger partial charge in [-0.1, -0.05) is 67.2 Å². The van der Waals surface area contributed by atoms with E-state index in [1.54, 1.807) is 74.5 Å². The minimum Gasteiger partial charge on any atom is -0.497 e. The molecular weight excluding hydrogens is 1050 g/mol. The summed E-state index contributed by atoms with van der Waals surface area (Å²) in [4.78, 5) is 96.2. The highest BCUT2D eigenvalue weighted by Crippen LogP contribution is 2.31. The van der Waals surface area contributed by atoms with Crippen molar-refractivity contribution >= 4 is 51.2 Å². The van der Waals surface area contributed by atoms with Crippen molar-refractivity contribution < 1.29 is 65.1 Å². The van der Waals surface area contributed by atoms with Gasteiger partial charge in [-0.3, -0.25) is 28.8 Å². The fraction of sp³-hybridized carbons (Fsp3) is 0.356. The molecule has 20 nitrogen and oxygen atoms in total. The first-order valence-electron chi connectivity index (χ1n) is 25.9. The summed E-state index contributed by atoms with van der Waals surface area (Å²) in [6.07, 6.45) is -0.0954. The highest BCUT2D eigenvalue weighted by atomic mass is 32.2. The zero-order valence-electron chi connectivity index (χ0n) is 46.4. The number of carbonyl (C=O) groups excluding carboxylic acids is 6. The Morgan fingerprint density at radius 3 is 1.85 bits per heavy atom. The zero-order valence-corrected chi connectivity index (χ0v) is 47.2. The Bertz CT molecular complexity index is 3060. The highest BCUT2D eigenvalue weighted by Gasteiger charge is 2.35. The van der Waals surface area contributed by atoms with Gasteiger partial charge in [0.15, 0.2) is 0 Å². The maximum absolute atomic E-state index is 15.2. The van der Waals surface area contributed by atoms with E-state index in [4.69, 9.17) is 27.9 Å². The van der Waals surface area contributed by atoms with Crippen LogP contribution in [0.5, 0.6) is 34.5 Å². The molecule has 0 aliphatic carbocycles. The molecule has 1 heterocycles. The number of hydrogen-bond acceptors (Lipinski definition) is 14. The van der Waals surface area contributed by atoms with E-state index in [0.717, 1.165) is 0 Å². The van der Waals surface area contributed by atoms with Crippen LogP contribution in [0.15, 0.2) is 133 Å². The van der Waals surface area contributed by atoms with Crippen LogP contribution in [0.3, 0.4) is 0 Å². The third kappa shape index (κ3) is 16.8. The van der Waals surface area contributed by atoms with Crippen LogP contribution in [0, 0.1) is 0 Å². The highest BCUT2D eigenvalue weighted by molar-refractivity contribution is 7.90. The Morgan fingerprint density at radius 2 is 1.20 bits per heavy atom. The predicted molar refractivity (Wildman–Crippen MR) is 300 cm³/mol. The molecule has 5 aromatic carbocycles. The summed E-state index contributed by atoms with van der Waals surface area (Å²) in [6.45, 7) is 8.30. The first-order valence-corrected chi connectivity index (χ1v) is 27.4. The van der Waals surface area contributed by atoms with Crippen LogP contribution in [-0.2, 0) is 50.0 Å². The van der Waals surface area contributed by atoms with Gasteiger partial charge in [0.05, 0.1) is 63.8 Å². The summed E-state index contributed by atoms with van der Waals surface area (Å²) in [7, 11) is 0.166. The third-order valence-electron chi connectivity index (χ3n) is 13.3. The Kier molecular flexibility index (Phi) is 21.6. The normalized spacial score (nSPS) is 16.4. The molecule has 6 rings (SSSR count). The van der Waals surface area contributed by atoms with Crippen molar-refractivity contribution in [1.82, 2.24) is 24.9 Å². The minimum atomic E-state index is -4.20. The number of para-hydroxylation sites is 2. The van der Waals surface area contributed by atoms with Crippen LogP contribution >= 0.6 is 0 Å². The number of benzene rings is 5. The molecule has 21 heteroatoms. The van der Waals surface area contributed by atoms with Crippen LogP contribution in [0.2, 0.25) is 0 Å². The van der Waals surface area contributed by atoms with Gasteiger partial charge in [0.2, 0.25) is 35.4 Å². The second-order valence-electron chi connectivity index (χ2n) is 19.1. The van der Waals surface area contributed by atoms with E-state index < -0.39 is 96.4 Å². The molecule has 5 aromatic rings. The zero-order chi connectivity index (χ0) is 58.1. The second-order valence-corrected chi connectivity index (χ2v) is 20.6. The number of rotatable bonds is 20. The molecule has 0 radical (unpaired) electrons. The summed E-state index contributed by atoms with van der Waals surface area (Å²) in [5.74, 6) is -2.19. The van der Waals surface area contributed by atoms with Gasteiger partial charge in [-0.15, -0.1) is 0 Å². The number of ether oxygens (including phenoxy) is 5. The number of hydrogen-bond donors (Lipinski definition) is 1. The van der Waals surface area contributed by atoms with E-state index in [-0.39, 0.29) is 55.2 Å². The molecule has 1 aliphatic rings. The number of carbonyl (C=O) groups is 6. The molecule has 0 bridgehead atoms. The molecule has 1 saturated heterocycles. The third-order valence-corrected chi connectivity index (χ3v) is 14.1. The fourth-order valence-electron chi connectivity index (χ4n) is 8.78. The summed E-state index contributed by atoms with van der Waals surface area (Å²) >= 11 is 0. The van der Waals surface area contributed by atoms with Crippen molar-refractivity contribution in [3.8, 4) is 34.5 Å². The largest absolute Gasteiger partial charge is 0.497 e. The molecule has 1 N–H and O–H groups in total. The van der Waals surface area contributed by atoms with E-state index in [1.165, 1.54) is 83.1 Å². The molecule has 0 aromatic heterocycles. The average Bonchev–Trinajstić information content (AvgIpc) is 3.45. The van der Waals surface area contributed by atoms with Crippen molar-refractivity contribution in [3.63, 3.8) is 0 Å². The topological polar surface area (TPSA) is 220 Å². The predicted octanol–water partition coefficient (Wildman–Crippen LogP) is 6.71. The Hall–Kier alpha value is -8.43. The van der Waals surface area contributed by atoms with Crippen molar-refractivity contribution in [2.24, 2.45) is 0 Å². The van der Waals surface area contributed by atoms with Crippen LogP contribution < -0.4 is 33.3 Å². The van der Waals surface area contributed by atoms with Gasteiger partial charge >= 0.3 is 10.1 Å². The molecule has 0 saturated carbocycles. The lowest BCUT2D eigenvalue weighted by Crippen LogP contribution is -2.55. The Balaban J connectivity index is 1.48. The SMILES string of the molecule is C=CS(=O)(=O)Oc1cccc([C@H](C)N2CC(=O)N[C@H](C)C(=O)N(CCc3ccccc3Oc3ccccc3)CC(=O)N(c3cc(OC)cc(OC)c3)CC(=O)N(CCOC(C)C)CC(=O)N([C@@H](C)c3ccc(OC)cc3)CC2=O)c1. The Labute approximate surface area is 467 Å². The lowest BCUT2D eigenvalue weighted by molar-refractivity contribution is -0.148. The number of anilines is 1. The maximum atomic E-state index is 15.2. The van der Waals surface area contributed by atoms with Gasteiger partial charge in [0.1, 0.15) is 66.7 Å². The molecular formula is C59H70N6O14S. The standard InChI is InChI=1S/C59H70N6O14S/c1-10-80(72,73)79-50-21-16-18-46(31-50)43(6)63-35-54(66)60-41(4)59(71)62(28-27-45-17-14-15-22-53(45)78-49-19-12-11-13-20-49)37-57(69)65(47-32-51(75-8)34-52(33-47)76-9)38-55(67)61(29-30-77-40(2)3)36-56(68)64(39-58(63)70)42(5)44-23-25-48(74-7)26-24-44/h10-26,31-34,40-43H,1,27-30,35-39H2,2-9H3,(H,60,66)/t41-,42+,43+/m1/s1. The molecule has 6 amide bonds. The molecule has 80 heavy (non-hydrogen) atoms. The quantitative estimate of drug-likeness (QED) is 0.0801. The molecule has 3 atom stereocenters. The van der Waals surface area contributed by atoms with Gasteiger partial charge in [-0.25, -0.2) is 0 Å². The van der Waals surface area contributed by atoms with Crippen LogP contribution in [0.1, 0.15) is 63.4 Å². The maximum Gasteiger partial charge on any atom is 0.331 e. The summed E-state index contributed by atoms with van der Waals surface area (Å²) in [6, 6.07) is 30.6. The van der Waals surface area contributed by atoms with Crippen molar-refractivity contribution in [2.45, 2.75) is 65.3 Å². The van der Waals surface area contributed by atoms with E-state index >= 15 is 19.2 Å². The number of nitrogens with one attached hydrogen (secondary N) is 1. The van der Waals surface area contributed by atoms with E-state index in [0.29, 0.717) is 39.3 Å². The lowest BCUT2D eigenvalue weighted by Gasteiger charge is -2.36. The average molecular weight is 1120 g/mol. The first kappa shape index (κ1) is 60.8. The molecule has 1 fully saturated rings. The summed E-state index contributed by atoms with van der Waals surface area (Å²) in [5, 5.41) is 3.37. The van der Waals surface area contributed by atoms with Gasteiger partial charge < -0.3 is 57.7 Å². The smallest absolute Gasteiger partial charge is 0.331 e. The number of amides is 6. The molecule has 0 unspecified atom stereocenters. The molecule has 1 aliphatic heterocycles. The monoisotopic (exact) mass is 1120 g/mol. The minimum absolute atomic E-state index is 0.0164. The van der Waals surface area contributed by atoms with Gasteiger partial charge in [0.25, 0.3) is 0 Å². The van der Waals surface area contributed by atoms with Crippen LogP contribution in [0.25, 0.3) is 0 Å². The van der Waals surface area contributed by atoms with Gasteiger partial charge in [-0.2, -0.15) is 8.42 Å².